The molecule has 1 nitrogen and oxygen atoms in total. The summed E-state index contributed by atoms with van der Waals surface area (Å²) in [6.45, 7) is 4.75. The molecule has 1 heterocycles. The van der Waals surface area contributed by atoms with Crippen LogP contribution in [-0.4, -0.2) is 16.9 Å². The highest BCUT2D eigenvalue weighted by Gasteiger charge is 2.71. The lowest BCUT2D eigenvalue weighted by Crippen LogP contribution is -2.65. The van der Waals surface area contributed by atoms with Crippen LogP contribution in [-0.2, 0) is 0 Å². The van der Waals surface area contributed by atoms with Crippen LogP contribution < -0.4 is 0 Å². The molecule has 1 atom stereocenters. The van der Waals surface area contributed by atoms with Crippen LogP contribution in [0, 0.1) is 5.41 Å². The normalized spacial score (nSPS) is 29.0. The molecule has 1 aliphatic rings. The molecule has 0 spiro atoms. The van der Waals surface area contributed by atoms with E-state index in [-0.39, 0.29) is 12.0 Å². The smallest absolute Gasteiger partial charge is 0.376 e. The van der Waals surface area contributed by atoms with Gasteiger partial charge in [-0.2, -0.15) is 24.5 Å². The van der Waals surface area contributed by atoms with Gasteiger partial charge in [0.05, 0.1) is 0 Å². The highest BCUT2D eigenvalue weighted by Crippen LogP contribution is 2.62. The molecule has 1 saturated carbocycles. The SMILES string of the molecule is CC/C(=C1\CC(C)(C)[C@]1(O)C(F)(F)F)c1ccsc1. The summed E-state index contributed by atoms with van der Waals surface area (Å²) in [7, 11) is 0. The summed E-state index contributed by atoms with van der Waals surface area (Å²) in [5.74, 6) is 0. The second-order valence-corrected chi connectivity index (χ2v) is 6.37. The van der Waals surface area contributed by atoms with Gasteiger partial charge in [-0.15, -0.1) is 0 Å². The summed E-state index contributed by atoms with van der Waals surface area (Å²) >= 11 is 1.45. The van der Waals surface area contributed by atoms with Gasteiger partial charge >= 0.3 is 6.18 Å². The minimum atomic E-state index is -4.64. The van der Waals surface area contributed by atoms with Crippen LogP contribution in [0.1, 0.15) is 39.2 Å². The second kappa shape index (κ2) is 4.35. The van der Waals surface area contributed by atoms with Crippen molar-refractivity contribution in [2.24, 2.45) is 5.41 Å². The third kappa shape index (κ3) is 1.94. The molecular weight excluding hydrogens is 273 g/mol. The van der Waals surface area contributed by atoms with E-state index in [1.165, 1.54) is 25.2 Å². The van der Waals surface area contributed by atoms with E-state index in [2.05, 4.69) is 0 Å². The van der Waals surface area contributed by atoms with Crippen molar-refractivity contribution in [1.29, 1.82) is 0 Å². The Morgan fingerprint density at radius 1 is 1.42 bits per heavy atom. The summed E-state index contributed by atoms with van der Waals surface area (Å²) in [5, 5.41) is 13.9. The maximum absolute atomic E-state index is 13.3. The molecule has 19 heavy (non-hydrogen) atoms. The highest BCUT2D eigenvalue weighted by atomic mass is 32.1. The van der Waals surface area contributed by atoms with Crippen molar-refractivity contribution in [1.82, 2.24) is 0 Å². The summed E-state index contributed by atoms with van der Waals surface area (Å²) in [5.41, 5.74) is -2.32. The Hall–Kier alpha value is -0.810. The molecule has 5 heteroatoms. The van der Waals surface area contributed by atoms with Crippen molar-refractivity contribution >= 4 is 16.9 Å². The van der Waals surface area contributed by atoms with E-state index in [0.717, 1.165) is 5.56 Å². The number of alkyl halides is 3. The number of halogens is 3. The molecule has 1 fully saturated rings. The van der Waals surface area contributed by atoms with Crippen LogP contribution in [0.5, 0.6) is 0 Å². The average Bonchev–Trinajstić information content (AvgIpc) is 2.80. The molecule has 1 aromatic rings. The summed E-state index contributed by atoms with van der Waals surface area (Å²) in [4.78, 5) is 0. The molecule has 0 aromatic carbocycles. The Balaban J connectivity index is 2.57. The summed E-state index contributed by atoms with van der Waals surface area (Å²) in [6, 6.07) is 1.80. The van der Waals surface area contributed by atoms with Crippen molar-refractivity contribution in [3.05, 3.63) is 28.0 Å². The Morgan fingerprint density at radius 2 is 2.05 bits per heavy atom. The first-order valence-corrected chi connectivity index (χ1v) is 7.13. The minimum absolute atomic E-state index is 0.130. The predicted molar refractivity (Wildman–Crippen MR) is 70.9 cm³/mol. The first-order chi connectivity index (χ1) is 8.65. The van der Waals surface area contributed by atoms with Crippen LogP contribution in [0.15, 0.2) is 22.4 Å². The second-order valence-electron chi connectivity index (χ2n) is 5.59. The van der Waals surface area contributed by atoms with Gasteiger partial charge in [0.25, 0.3) is 0 Å². The standard InChI is InChI=1S/C14H17F3OS/c1-4-10(9-5-6-19-8-9)11-7-12(2,3)13(11,18)14(15,16)17/h5-6,8,18H,4,7H2,1-3H3/b11-10-/t13-/m0/s1. The largest absolute Gasteiger partial charge is 0.421 e. The summed E-state index contributed by atoms with van der Waals surface area (Å²) < 4.78 is 39.9. The van der Waals surface area contributed by atoms with E-state index in [1.54, 1.807) is 6.07 Å². The van der Waals surface area contributed by atoms with Gasteiger partial charge in [-0.3, -0.25) is 0 Å². The van der Waals surface area contributed by atoms with Crippen molar-refractivity contribution in [2.45, 2.75) is 45.4 Å². The Bertz CT molecular complexity index is 487. The Morgan fingerprint density at radius 3 is 2.42 bits per heavy atom. The van der Waals surface area contributed by atoms with Crippen LogP contribution in [0.2, 0.25) is 0 Å². The first-order valence-electron chi connectivity index (χ1n) is 6.19. The van der Waals surface area contributed by atoms with Crippen LogP contribution in [0.4, 0.5) is 13.2 Å². The molecule has 106 valence electrons. The van der Waals surface area contributed by atoms with Crippen molar-refractivity contribution in [3.63, 3.8) is 0 Å². The molecule has 0 radical (unpaired) electrons. The zero-order valence-electron chi connectivity index (χ0n) is 11.1. The van der Waals surface area contributed by atoms with E-state index in [4.69, 9.17) is 0 Å². The van der Waals surface area contributed by atoms with Crippen LogP contribution >= 0.6 is 11.3 Å². The molecule has 0 amide bonds. The lowest BCUT2D eigenvalue weighted by molar-refractivity contribution is -0.303. The quantitative estimate of drug-likeness (QED) is 0.841. The van der Waals surface area contributed by atoms with E-state index in [9.17, 15) is 18.3 Å². The van der Waals surface area contributed by atoms with Gasteiger partial charge in [0, 0.05) is 5.41 Å². The molecule has 0 aliphatic heterocycles. The van der Waals surface area contributed by atoms with E-state index >= 15 is 0 Å². The fraction of sp³-hybridized carbons (Fsp3) is 0.571. The fourth-order valence-electron chi connectivity index (χ4n) is 2.91. The predicted octanol–water partition coefficient (Wildman–Crippen LogP) is 4.64. The number of hydrogen-bond acceptors (Lipinski definition) is 2. The monoisotopic (exact) mass is 290 g/mol. The van der Waals surface area contributed by atoms with Crippen molar-refractivity contribution < 1.29 is 18.3 Å². The molecule has 1 aromatic heterocycles. The topological polar surface area (TPSA) is 20.2 Å². The number of allylic oxidation sites excluding steroid dienone is 1. The number of hydrogen-bond donors (Lipinski definition) is 1. The molecule has 2 rings (SSSR count). The van der Waals surface area contributed by atoms with Gasteiger partial charge in [-0.1, -0.05) is 20.8 Å². The Kier molecular flexibility index (Phi) is 3.34. The molecule has 0 unspecified atom stereocenters. The van der Waals surface area contributed by atoms with Gasteiger partial charge in [0.15, 0.2) is 5.60 Å². The number of rotatable bonds is 2. The molecule has 1 N–H and O–H groups in total. The minimum Gasteiger partial charge on any atom is -0.376 e. The number of thiophene rings is 1. The molecule has 0 saturated heterocycles. The van der Waals surface area contributed by atoms with Gasteiger partial charge in [-0.05, 0) is 46.4 Å². The van der Waals surface area contributed by atoms with Gasteiger partial charge < -0.3 is 5.11 Å². The lowest BCUT2D eigenvalue weighted by atomic mass is 9.53. The maximum Gasteiger partial charge on any atom is 0.421 e. The zero-order valence-corrected chi connectivity index (χ0v) is 12.0. The highest BCUT2D eigenvalue weighted by molar-refractivity contribution is 7.08. The Labute approximate surface area is 114 Å². The van der Waals surface area contributed by atoms with E-state index < -0.39 is 17.2 Å². The van der Waals surface area contributed by atoms with Gasteiger partial charge in [-0.25, -0.2) is 0 Å². The molecular formula is C14H17F3OS. The fourth-order valence-corrected chi connectivity index (χ4v) is 3.58. The maximum atomic E-state index is 13.3. The van der Waals surface area contributed by atoms with Crippen LogP contribution in [0.3, 0.4) is 0 Å². The summed E-state index contributed by atoms with van der Waals surface area (Å²) in [6.07, 6.45) is -3.87. The van der Waals surface area contributed by atoms with Crippen LogP contribution in [0.25, 0.3) is 5.57 Å². The lowest BCUT2D eigenvalue weighted by Gasteiger charge is -2.55. The molecule has 1 aliphatic carbocycles. The van der Waals surface area contributed by atoms with E-state index in [0.29, 0.717) is 12.0 Å². The third-order valence-corrected chi connectivity index (χ3v) is 4.72. The van der Waals surface area contributed by atoms with Crippen molar-refractivity contribution in [3.8, 4) is 0 Å². The average molecular weight is 290 g/mol. The third-order valence-electron chi connectivity index (χ3n) is 4.03. The van der Waals surface area contributed by atoms with E-state index in [1.807, 2.05) is 17.7 Å². The molecule has 0 bridgehead atoms. The first kappa shape index (κ1) is 14.6. The van der Waals surface area contributed by atoms with Gasteiger partial charge in [0.2, 0.25) is 0 Å². The van der Waals surface area contributed by atoms with Gasteiger partial charge in [0.1, 0.15) is 0 Å². The van der Waals surface area contributed by atoms with Crippen molar-refractivity contribution in [2.75, 3.05) is 0 Å². The number of aliphatic hydroxyl groups is 1. The zero-order chi connectivity index (χ0) is 14.5.